The lowest BCUT2D eigenvalue weighted by atomic mass is 10.1. The molecule has 2 aromatic rings. The highest BCUT2D eigenvalue weighted by Crippen LogP contribution is 2.19. The van der Waals surface area contributed by atoms with Crippen molar-refractivity contribution in [3.05, 3.63) is 53.7 Å². The second-order valence-electron chi connectivity index (χ2n) is 6.85. The SMILES string of the molecule is Cc1cccc(N2CCN(C(=O)c3ccc(NC(C)C)nc3)CC2)c1. The Morgan fingerprint density at radius 3 is 2.48 bits per heavy atom. The largest absolute Gasteiger partial charge is 0.368 e. The van der Waals surface area contributed by atoms with Gasteiger partial charge in [-0.3, -0.25) is 4.79 Å². The van der Waals surface area contributed by atoms with Crippen LogP contribution in [0.15, 0.2) is 42.6 Å². The van der Waals surface area contributed by atoms with Crippen LogP contribution in [0.2, 0.25) is 0 Å². The molecule has 0 saturated carbocycles. The topological polar surface area (TPSA) is 48.5 Å². The fourth-order valence-corrected chi connectivity index (χ4v) is 3.08. The number of nitrogens with zero attached hydrogens (tertiary/aromatic N) is 3. The molecule has 0 bridgehead atoms. The van der Waals surface area contributed by atoms with Crippen LogP contribution in [0.3, 0.4) is 0 Å². The van der Waals surface area contributed by atoms with Crippen molar-refractivity contribution in [2.75, 3.05) is 36.4 Å². The second-order valence-corrected chi connectivity index (χ2v) is 6.85. The molecule has 1 aliphatic heterocycles. The first kappa shape index (κ1) is 17.3. The van der Waals surface area contributed by atoms with Crippen molar-refractivity contribution in [2.45, 2.75) is 26.8 Å². The first-order valence-corrected chi connectivity index (χ1v) is 8.86. The molecule has 1 aliphatic rings. The van der Waals surface area contributed by atoms with Crippen LogP contribution >= 0.6 is 0 Å². The summed E-state index contributed by atoms with van der Waals surface area (Å²) in [6, 6.07) is 12.6. The molecule has 0 spiro atoms. The Kier molecular flexibility index (Phi) is 5.22. The number of hydrogen-bond acceptors (Lipinski definition) is 4. The molecule has 1 N–H and O–H groups in total. The van der Waals surface area contributed by atoms with Crippen molar-refractivity contribution in [1.82, 2.24) is 9.88 Å². The maximum atomic E-state index is 12.7. The number of hydrogen-bond donors (Lipinski definition) is 1. The number of amides is 1. The van der Waals surface area contributed by atoms with Crippen LogP contribution in [0.4, 0.5) is 11.5 Å². The number of anilines is 2. The van der Waals surface area contributed by atoms with E-state index in [1.54, 1.807) is 6.20 Å². The number of nitrogens with one attached hydrogen (secondary N) is 1. The van der Waals surface area contributed by atoms with Crippen LogP contribution in [0.5, 0.6) is 0 Å². The summed E-state index contributed by atoms with van der Waals surface area (Å²) in [6.07, 6.45) is 1.67. The summed E-state index contributed by atoms with van der Waals surface area (Å²) in [5.74, 6) is 0.864. The smallest absolute Gasteiger partial charge is 0.255 e. The lowest BCUT2D eigenvalue weighted by Crippen LogP contribution is -2.48. The molecule has 0 atom stereocenters. The highest BCUT2D eigenvalue weighted by molar-refractivity contribution is 5.94. The summed E-state index contributed by atoms with van der Waals surface area (Å²) >= 11 is 0. The van der Waals surface area contributed by atoms with E-state index in [0.29, 0.717) is 11.6 Å². The van der Waals surface area contributed by atoms with Crippen molar-refractivity contribution in [2.24, 2.45) is 0 Å². The average molecular weight is 338 g/mol. The first-order chi connectivity index (χ1) is 12.0. The zero-order valence-corrected chi connectivity index (χ0v) is 15.2. The predicted molar refractivity (Wildman–Crippen MR) is 102 cm³/mol. The lowest BCUT2D eigenvalue weighted by Gasteiger charge is -2.36. The van der Waals surface area contributed by atoms with Crippen molar-refractivity contribution >= 4 is 17.4 Å². The van der Waals surface area contributed by atoms with Gasteiger partial charge in [0.05, 0.1) is 5.56 Å². The van der Waals surface area contributed by atoms with Gasteiger partial charge in [0, 0.05) is 44.1 Å². The van der Waals surface area contributed by atoms with E-state index >= 15 is 0 Å². The van der Waals surface area contributed by atoms with Gasteiger partial charge in [0.25, 0.3) is 5.91 Å². The van der Waals surface area contributed by atoms with Crippen LogP contribution in [-0.2, 0) is 0 Å². The minimum absolute atomic E-state index is 0.0625. The third kappa shape index (κ3) is 4.29. The molecular weight excluding hydrogens is 312 g/mol. The molecule has 1 aromatic carbocycles. The summed E-state index contributed by atoms with van der Waals surface area (Å²) in [5.41, 5.74) is 3.15. The Balaban J connectivity index is 1.59. The Bertz CT molecular complexity index is 719. The standard InChI is InChI=1S/C20H26N4O/c1-15(2)22-19-8-7-17(14-21-19)20(25)24-11-9-23(10-12-24)18-6-4-5-16(3)13-18/h4-8,13-15H,9-12H2,1-3H3,(H,21,22). The second kappa shape index (κ2) is 7.55. The molecule has 1 aromatic heterocycles. The molecule has 1 saturated heterocycles. The number of aryl methyl sites for hydroxylation is 1. The monoisotopic (exact) mass is 338 g/mol. The van der Waals surface area contributed by atoms with E-state index in [4.69, 9.17) is 0 Å². The number of benzene rings is 1. The Hall–Kier alpha value is -2.56. The molecule has 0 unspecified atom stereocenters. The molecule has 25 heavy (non-hydrogen) atoms. The van der Waals surface area contributed by atoms with Gasteiger partial charge in [0.2, 0.25) is 0 Å². The van der Waals surface area contributed by atoms with Crippen LogP contribution in [0.1, 0.15) is 29.8 Å². The summed E-state index contributed by atoms with van der Waals surface area (Å²) in [7, 11) is 0. The summed E-state index contributed by atoms with van der Waals surface area (Å²) in [6.45, 7) is 9.42. The number of rotatable bonds is 4. The molecular formula is C20H26N4O. The Labute approximate surface area is 149 Å². The van der Waals surface area contributed by atoms with Gasteiger partial charge in [-0.25, -0.2) is 4.98 Å². The number of aromatic nitrogens is 1. The van der Waals surface area contributed by atoms with E-state index in [1.165, 1.54) is 11.3 Å². The van der Waals surface area contributed by atoms with Crippen LogP contribution in [0, 0.1) is 6.92 Å². The Morgan fingerprint density at radius 2 is 1.88 bits per heavy atom. The third-order valence-electron chi connectivity index (χ3n) is 4.38. The molecule has 0 aliphatic carbocycles. The van der Waals surface area contributed by atoms with Crippen molar-refractivity contribution in [1.29, 1.82) is 0 Å². The lowest BCUT2D eigenvalue weighted by molar-refractivity contribution is 0.0746. The molecule has 5 nitrogen and oxygen atoms in total. The number of carbonyl (C=O) groups is 1. The van der Waals surface area contributed by atoms with Gasteiger partial charge >= 0.3 is 0 Å². The van der Waals surface area contributed by atoms with Crippen LogP contribution in [-0.4, -0.2) is 48.0 Å². The van der Waals surface area contributed by atoms with E-state index in [9.17, 15) is 4.79 Å². The normalized spacial score (nSPS) is 14.7. The molecule has 0 radical (unpaired) electrons. The number of pyridine rings is 1. The summed E-state index contributed by atoms with van der Waals surface area (Å²) in [4.78, 5) is 21.3. The fourth-order valence-electron chi connectivity index (χ4n) is 3.08. The van der Waals surface area contributed by atoms with E-state index in [0.717, 1.165) is 32.0 Å². The number of carbonyl (C=O) groups excluding carboxylic acids is 1. The van der Waals surface area contributed by atoms with E-state index in [-0.39, 0.29) is 5.91 Å². The molecule has 2 heterocycles. The van der Waals surface area contributed by atoms with Gasteiger partial charge < -0.3 is 15.1 Å². The quantitative estimate of drug-likeness (QED) is 0.930. The van der Waals surface area contributed by atoms with Gasteiger partial charge in [-0.15, -0.1) is 0 Å². The van der Waals surface area contributed by atoms with Crippen LogP contribution in [0.25, 0.3) is 0 Å². The Morgan fingerprint density at radius 1 is 1.12 bits per heavy atom. The van der Waals surface area contributed by atoms with E-state index in [1.807, 2.05) is 17.0 Å². The highest BCUT2D eigenvalue weighted by Gasteiger charge is 2.22. The van der Waals surface area contributed by atoms with E-state index in [2.05, 4.69) is 60.2 Å². The third-order valence-corrected chi connectivity index (χ3v) is 4.38. The zero-order chi connectivity index (χ0) is 17.8. The molecule has 1 amide bonds. The summed E-state index contributed by atoms with van der Waals surface area (Å²) < 4.78 is 0. The van der Waals surface area contributed by atoms with Gasteiger partial charge in [-0.05, 0) is 50.6 Å². The maximum Gasteiger partial charge on any atom is 0.255 e. The van der Waals surface area contributed by atoms with Crippen molar-refractivity contribution in [3.63, 3.8) is 0 Å². The van der Waals surface area contributed by atoms with Gasteiger partial charge in [0.1, 0.15) is 5.82 Å². The van der Waals surface area contributed by atoms with E-state index < -0.39 is 0 Å². The average Bonchev–Trinajstić information content (AvgIpc) is 2.61. The van der Waals surface area contributed by atoms with Crippen molar-refractivity contribution < 1.29 is 4.79 Å². The summed E-state index contributed by atoms with van der Waals surface area (Å²) in [5, 5.41) is 3.24. The molecule has 132 valence electrons. The fraction of sp³-hybridized carbons (Fsp3) is 0.400. The van der Waals surface area contributed by atoms with Gasteiger partial charge in [-0.1, -0.05) is 12.1 Å². The minimum atomic E-state index is 0.0625. The molecule has 3 rings (SSSR count). The molecule has 1 fully saturated rings. The molecule has 5 heteroatoms. The van der Waals surface area contributed by atoms with Gasteiger partial charge in [-0.2, -0.15) is 0 Å². The number of piperazine rings is 1. The highest BCUT2D eigenvalue weighted by atomic mass is 16.2. The predicted octanol–water partition coefficient (Wildman–Crippen LogP) is 3.17. The zero-order valence-electron chi connectivity index (χ0n) is 15.2. The van der Waals surface area contributed by atoms with Crippen molar-refractivity contribution in [3.8, 4) is 0 Å². The van der Waals surface area contributed by atoms with Gasteiger partial charge in [0.15, 0.2) is 0 Å². The first-order valence-electron chi connectivity index (χ1n) is 8.86. The maximum absolute atomic E-state index is 12.7. The minimum Gasteiger partial charge on any atom is -0.368 e. The van der Waals surface area contributed by atoms with Crippen LogP contribution < -0.4 is 10.2 Å².